The van der Waals surface area contributed by atoms with E-state index in [2.05, 4.69) is 0 Å². The van der Waals surface area contributed by atoms with Gasteiger partial charge in [-0.05, 0) is 63.9 Å². The van der Waals surface area contributed by atoms with Crippen molar-refractivity contribution >= 4 is 23.4 Å². The molecule has 0 aliphatic carbocycles. The first-order chi connectivity index (χ1) is 16.2. The summed E-state index contributed by atoms with van der Waals surface area (Å²) in [4.78, 5) is 11.8. The van der Waals surface area contributed by atoms with Crippen molar-refractivity contribution in [3.8, 4) is 16.9 Å². The normalized spacial score (nSPS) is 13.0. The predicted molar refractivity (Wildman–Crippen MR) is 130 cm³/mol. The van der Waals surface area contributed by atoms with Crippen molar-refractivity contribution in [2.75, 3.05) is 0 Å². The Balaban J connectivity index is 0.00000432. The molecule has 0 spiro atoms. The summed E-state index contributed by atoms with van der Waals surface area (Å²) in [5.41, 5.74) is 3.40. The number of aliphatic carboxylic acids is 1. The number of rotatable bonds is 11. The van der Waals surface area contributed by atoms with Crippen LogP contribution in [0, 0.1) is 5.82 Å². The average Bonchev–Trinajstić information content (AvgIpc) is 3.29. The smallest absolute Gasteiger partial charge is 0.550 e. The molecule has 0 amide bonds. The number of halogens is 1. The molecule has 2 aromatic carbocycles. The number of hydrogen-bond donors (Lipinski definition) is 2. The van der Waals surface area contributed by atoms with Gasteiger partial charge in [-0.15, -0.1) is 11.3 Å². The van der Waals surface area contributed by atoms with E-state index in [1.54, 1.807) is 29.5 Å². The van der Waals surface area contributed by atoms with Gasteiger partial charge in [0.05, 0.1) is 12.2 Å². The van der Waals surface area contributed by atoms with Crippen LogP contribution in [0.15, 0.2) is 60.0 Å². The fourth-order valence-electron chi connectivity index (χ4n) is 3.65. The SMILES string of the molecule is CC(C)c1cc(OCc2cccs2)cc(-c2ccc(F)cc2)c1/C=C/C(O)CC(O)CC(=O)[O-].[Na+]. The maximum absolute atomic E-state index is 13.6. The minimum atomic E-state index is -1.37. The molecule has 1 heterocycles. The maximum Gasteiger partial charge on any atom is 1.00 e. The number of aliphatic hydroxyl groups excluding tert-OH is 2. The standard InChI is InChI=1S/C27H29FO5S.Na/c1-17(2)25-14-22(33-16-23-4-3-11-34-23)15-26(18-5-7-19(28)8-6-18)24(25)10-9-20(29)12-21(30)13-27(31)32;/h3-11,14-15,17,20-21,29-30H,12-13,16H2,1-2H3,(H,31,32);/q;+1/p-1/b10-9+;. The second-order valence-corrected chi connectivity index (χ2v) is 9.43. The molecule has 180 valence electrons. The zero-order chi connectivity index (χ0) is 24.7. The van der Waals surface area contributed by atoms with Gasteiger partial charge < -0.3 is 24.9 Å². The summed E-state index contributed by atoms with van der Waals surface area (Å²) in [6.45, 7) is 4.52. The van der Waals surface area contributed by atoms with Crippen molar-refractivity contribution < 1.29 is 58.8 Å². The van der Waals surface area contributed by atoms with Crippen molar-refractivity contribution in [1.29, 1.82) is 0 Å². The number of carboxylic acids is 1. The van der Waals surface area contributed by atoms with Crippen molar-refractivity contribution in [1.82, 2.24) is 0 Å². The molecule has 2 atom stereocenters. The molecule has 0 aliphatic rings. The van der Waals surface area contributed by atoms with Crippen LogP contribution in [0.2, 0.25) is 0 Å². The van der Waals surface area contributed by atoms with Crippen molar-refractivity contribution in [2.24, 2.45) is 0 Å². The van der Waals surface area contributed by atoms with Crippen LogP contribution in [0.25, 0.3) is 17.2 Å². The van der Waals surface area contributed by atoms with Crippen LogP contribution in [-0.2, 0) is 11.4 Å². The number of aliphatic hydroxyl groups is 2. The summed E-state index contributed by atoms with van der Waals surface area (Å²) in [6.07, 6.45) is 0.352. The van der Waals surface area contributed by atoms with Crippen molar-refractivity contribution in [3.05, 3.63) is 81.8 Å². The molecule has 35 heavy (non-hydrogen) atoms. The first-order valence-electron chi connectivity index (χ1n) is 11.1. The molecule has 0 aliphatic heterocycles. The Morgan fingerprint density at radius 1 is 1.17 bits per heavy atom. The van der Waals surface area contributed by atoms with Crippen molar-refractivity contribution in [3.63, 3.8) is 0 Å². The van der Waals surface area contributed by atoms with Gasteiger partial charge in [0.1, 0.15) is 18.2 Å². The summed E-state index contributed by atoms with van der Waals surface area (Å²) in [5.74, 6) is -0.918. The maximum atomic E-state index is 13.6. The van der Waals surface area contributed by atoms with Gasteiger partial charge in [-0.25, -0.2) is 4.39 Å². The Hall–Kier alpha value is -2.00. The van der Waals surface area contributed by atoms with Crippen LogP contribution < -0.4 is 39.4 Å². The Labute approximate surface area is 231 Å². The quantitative estimate of drug-likeness (QED) is 0.385. The third-order valence-corrected chi connectivity index (χ3v) is 6.17. The molecule has 0 fully saturated rings. The molecule has 1 aromatic heterocycles. The first kappa shape index (κ1) is 29.2. The molecule has 0 saturated heterocycles. The third-order valence-electron chi connectivity index (χ3n) is 5.32. The molecule has 3 rings (SSSR count). The minimum Gasteiger partial charge on any atom is -0.550 e. The largest absolute Gasteiger partial charge is 1.00 e. The topological polar surface area (TPSA) is 89.8 Å². The number of hydrogen-bond acceptors (Lipinski definition) is 6. The fraction of sp³-hybridized carbons (Fsp3) is 0.296. The van der Waals surface area contributed by atoms with Crippen molar-refractivity contribution in [2.45, 2.75) is 51.4 Å². The number of carboxylic acid groups (broad SMARTS) is 1. The van der Waals surface area contributed by atoms with Crippen LogP contribution in [0.5, 0.6) is 5.75 Å². The molecular formula is C27H28FNaO5S. The second kappa shape index (κ2) is 13.9. The van der Waals surface area contributed by atoms with Crippen LogP contribution in [0.4, 0.5) is 4.39 Å². The Bertz CT molecular complexity index is 1110. The number of carbonyl (C=O) groups excluding carboxylic acids is 1. The van der Waals surface area contributed by atoms with Crippen LogP contribution in [0.3, 0.4) is 0 Å². The van der Waals surface area contributed by atoms with E-state index in [1.807, 2.05) is 43.5 Å². The fourth-order valence-corrected chi connectivity index (χ4v) is 4.27. The van der Waals surface area contributed by atoms with Gasteiger partial charge in [-0.1, -0.05) is 44.2 Å². The van der Waals surface area contributed by atoms with Gasteiger partial charge in [-0.3, -0.25) is 0 Å². The molecule has 2 N–H and O–H groups in total. The van der Waals surface area contributed by atoms with Gasteiger partial charge in [-0.2, -0.15) is 0 Å². The van der Waals surface area contributed by atoms with E-state index in [0.717, 1.165) is 27.1 Å². The first-order valence-corrected chi connectivity index (χ1v) is 11.9. The van der Waals surface area contributed by atoms with Gasteiger partial charge in [0.15, 0.2) is 0 Å². The molecular weight excluding hydrogens is 478 g/mol. The Kier molecular flexibility index (Phi) is 11.6. The molecule has 0 bridgehead atoms. The monoisotopic (exact) mass is 506 g/mol. The van der Waals surface area contributed by atoms with Gasteiger partial charge >= 0.3 is 29.6 Å². The zero-order valence-electron chi connectivity index (χ0n) is 20.1. The number of ether oxygens (including phenoxy) is 1. The number of thiophene rings is 1. The zero-order valence-corrected chi connectivity index (χ0v) is 22.9. The van der Waals surface area contributed by atoms with Crippen LogP contribution in [0.1, 0.15) is 48.6 Å². The Morgan fingerprint density at radius 2 is 1.89 bits per heavy atom. The third kappa shape index (κ3) is 8.86. The molecule has 0 saturated carbocycles. The summed E-state index contributed by atoms with van der Waals surface area (Å²) in [7, 11) is 0. The summed E-state index contributed by atoms with van der Waals surface area (Å²) >= 11 is 1.61. The van der Waals surface area contributed by atoms with Gasteiger partial charge in [0.25, 0.3) is 0 Å². The number of carbonyl (C=O) groups is 1. The summed E-state index contributed by atoms with van der Waals surface area (Å²) < 4.78 is 19.7. The predicted octanol–water partition coefficient (Wildman–Crippen LogP) is 1.53. The van der Waals surface area contributed by atoms with Crippen LogP contribution in [-0.4, -0.2) is 28.4 Å². The van der Waals surface area contributed by atoms with Crippen LogP contribution >= 0.6 is 11.3 Å². The average molecular weight is 507 g/mol. The Morgan fingerprint density at radius 3 is 2.49 bits per heavy atom. The minimum absolute atomic E-state index is 0. The summed E-state index contributed by atoms with van der Waals surface area (Å²) in [6, 6.07) is 14.0. The van der Waals surface area contributed by atoms with E-state index in [-0.39, 0.29) is 47.7 Å². The summed E-state index contributed by atoms with van der Waals surface area (Å²) in [5, 5.41) is 32.8. The molecule has 5 nitrogen and oxygen atoms in total. The van der Waals surface area contributed by atoms with E-state index >= 15 is 0 Å². The molecule has 3 aromatic rings. The van der Waals surface area contributed by atoms with Gasteiger partial charge in [0.2, 0.25) is 0 Å². The van der Waals surface area contributed by atoms with E-state index in [4.69, 9.17) is 4.74 Å². The van der Waals surface area contributed by atoms with E-state index in [9.17, 15) is 24.5 Å². The van der Waals surface area contributed by atoms with E-state index < -0.39 is 24.6 Å². The molecule has 2 unspecified atom stereocenters. The van der Waals surface area contributed by atoms with E-state index in [1.165, 1.54) is 18.2 Å². The molecule has 0 radical (unpaired) electrons. The molecule has 8 heteroatoms. The second-order valence-electron chi connectivity index (χ2n) is 8.40. The van der Waals surface area contributed by atoms with E-state index in [0.29, 0.717) is 12.4 Å². The number of benzene rings is 2. The van der Waals surface area contributed by atoms with Gasteiger partial charge in [0, 0.05) is 23.7 Å².